The second-order valence-corrected chi connectivity index (χ2v) is 5.39. The van der Waals surface area contributed by atoms with Crippen LogP contribution in [0.2, 0.25) is 0 Å². The zero-order chi connectivity index (χ0) is 15.1. The molecule has 0 heterocycles. The molecule has 2 heteroatoms. The third kappa shape index (κ3) is 4.15. The van der Waals surface area contributed by atoms with E-state index in [1.807, 2.05) is 18.2 Å². The molecule has 0 saturated heterocycles. The quantitative estimate of drug-likeness (QED) is 0.787. The highest BCUT2D eigenvalue weighted by Gasteiger charge is 2.22. The van der Waals surface area contributed by atoms with Crippen LogP contribution in [0.15, 0.2) is 54.6 Å². The molecule has 0 saturated carbocycles. The third-order valence-corrected chi connectivity index (χ3v) is 4.02. The summed E-state index contributed by atoms with van der Waals surface area (Å²) in [6.45, 7) is 5.19. The zero-order valence-corrected chi connectivity index (χ0v) is 12.9. The molecule has 112 valence electrons. The fourth-order valence-electron chi connectivity index (χ4n) is 2.97. The number of nitrogens with one attached hydrogen (secondary N) is 1. The van der Waals surface area contributed by atoms with Gasteiger partial charge in [0.15, 0.2) is 0 Å². The minimum atomic E-state index is -0.108. The van der Waals surface area contributed by atoms with E-state index in [2.05, 4.69) is 43.4 Å². The lowest BCUT2D eigenvalue weighted by Gasteiger charge is -2.28. The molecular weight excluding hydrogens is 261 g/mol. The van der Waals surface area contributed by atoms with Crippen molar-refractivity contribution in [3.8, 4) is 0 Å². The molecule has 0 aliphatic carbocycles. The summed E-state index contributed by atoms with van der Waals surface area (Å²) < 4.78 is 13.9. The van der Waals surface area contributed by atoms with Crippen molar-refractivity contribution in [3.05, 3.63) is 71.5 Å². The lowest BCUT2D eigenvalue weighted by atomic mass is 9.85. The Kier molecular flexibility index (Phi) is 5.94. The van der Waals surface area contributed by atoms with Crippen LogP contribution in [-0.2, 0) is 6.42 Å². The first kappa shape index (κ1) is 15.7. The highest BCUT2D eigenvalue weighted by atomic mass is 19.1. The van der Waals surface area contributed by atoms with Gasteiger partial charge in [-0.3, -0.25) is 0 Å². The largest absolute Gasteiger partial charge is 0.313 e. The summed E-state index contributed by atoms with van der Waals surface area (Å²) in [5.41, 5.74) is 2.11. The molecule has 2 unspecified atom stereocenters. The average molecular weight is 285 g/mol. The Morgan fingerprint density at radius 2 is 1.62 bits per heavy atom. The van der Waals surface area contributed by atoms with Gasteiger partial charge in [0.05, 0.1) is 0 Å². The van der Waals surface area contributed by atoms with Gasteiger partial charge in [-0.05, 0) is 42.5 Å². The summed E-state index contributed by atoms with van der Waals surface area (Å²) in [6.07, 6.45) is 1.75. The number of halogens is 1. The molecule has 0 bridgehead atoms. The van der Waals surface area contributed by atoms with Crippen molar-refractivity contribution in [2.24, 2.45) is 0 Å². The van der Waals surface area contributed by atoms with E-state index in [0.29, 0.717) is 12.3 Å². The molecular formula is C19H24FN. The van der Waals surface area contributed by atoms with Crippen LogP contribution in [0, 0.1) is 5.82 Å². The smallest absolute Gasteiger partial charge is 0.126 e. The molecule has 1 N–H and O–H groups in total. The van der Waals surface area contributed by atoms with Gasteiger partial charge in [0.25, 0.3) is 0 Å². The van der Waals surface area contributed by atoms with E-state index in [4.69, 9.17) is 0 Å². The van der Waals surface area contributed by atoms with E-state index >= 15 is 0 Å². The molecule has 0 aromatic heterocycles. The molecule has 2 aromatic rings. The first-order valence-electron chi connectivity index (χ1n) is 7.78. The van der Waals surface area contributed by atoms with Crippen molar-refractivity contribution < 1.29 is 4.39 Å². The molecule has 2 rings (SSSR count). The highest BCUT2D eigenvalue weighted by Crippen LogP contribution is 2.26. The monoisotopic (exact) mass is 285 g/mol. The Labute approximate surface area is 127 Å². The third-order valence-electron chi connectivity index (χ3n) is 4.02. The Bertz CT molecular complexity index is 538. The lowest BCUT2D eigenvalue weighted by Crippen LogP contribution is -2.36. The van der Waals surface area contributed by atoms with Gasteiger partial charge in [-0.15, -0.1) is 0 Å². The van der Waals surface area contributed by atoms with Crippen LogP contribution in [0.25, 0.3) is 0 Å². The van der Waals surface area contributed by atoms with Crippen molar-refractivity contribution in [2.75, 3.05) is 6.54 Å². The highest BCUT2D eigenvalue weighted by molar-refractivity contribution is 5.24. The van der Waals surface area contributed by atoms with Gasteiger partial charge < -0.3 is 5.32 Å². The van der Waals surface area contributed by atoms with Crippen LogP contribution in [0.5, 0.6) is 0 Å². The summed E-state index contributed by atoms with van der Waals surface area (Å²) in [4.78, 5) is 0. The Hall–Kier alpha value is -1.67. The summed E-state index contributed by atoms with van der Waals surface area (Å²) >= 11 is 0. The van der Waals surface area contributed by atoms with Crippen molar-refractivity contribution in [1.82, 2.24) is 5.32 Å². The van der Waals surface area contributed by atoms with Crippen LogP contribution < -0.4 is 5.32 Å². The maximum atomic E-state index is 13.9. The van der Waals surface area contributed by atoms with Crippen LogP contribution in [-0.4, -0.2) is 12.6 Å². The van der Waals surface area contributed by atoms with E-state index in [-0.39, 0.29) is 11.9 Å². The number of rotatable bonds is 7. The van der Waals surface area contributed by atoms with Crippen LogP contribution in [0.1, 0.15) is 37.3 Å². The predicted octanol–water partition coefficient (Wildman–Crippen LogP) is 4.54. The Balaban J connectivity index is 2.23. The number of hydrogen-bond donors (Lipinski definition) is 1. The van der Waals surface area contributed by atoms with Gasteiger partial charge >= 0.3 is 0 Å². The maximum absolute atomic E-state index is 13.9. The SMILES string of the molecule is CCNC(Cc1ccccc1F)C(CC)c1ccccc1. The summed E-state index contributed by atoms with van der Waals surface area (Å²) in [5.74, 6) is 0.286. The van der Waals surface area contributed by atoms with E-state index in [0.717, 1.165) is 18.5 Å². The summed E-state index contributed by atoms with van der Waals surface area (Å²) in [5, 5.41) is 3.54. The Morgan fingerprint density at radius 1 is 0.952 bits per heavy atom. The molecule has 0 amide bonds. The van der Waals surface area contributed by atoms with Crippen molar-refractivity contribution >= 4 is 0 Å². The fourth-order valence-corrected chi connectivity index (χ4v) is 2.97. The molecule has 0 radical (unpaired) electrons. The number of hydrogen-bond acceptors (Lipinski definition) is 1. The van der Waals surface area contributed by atoms with E-state index < -0.39 is 0 Å². The van der Waals surface area contributed by atoms with Gasteiger partial charge in [0, 0.05) is 6.04 Å². The molecule has 2 aromatic carbocycles. The first-order valence-corrected chi connectivity index (χ1v) is 7.78. The number of benzene rings is 2. The first-order chi connectivity index (χ1) is 10.3. The van der Waals surface area contributed by atoms with E-state index in [9.17, 15) is 4.39 Å². The molecule has 0 fully saturated rings. The predicted molar refractivity (Wildman–Crippen MR) is 87.0 cm³/mol. The van der Waals surface area contributed by atoms with Crippen LogP contribution >= 0.6 is 0 Å². The van der Waals surface area contributed by atoms with Gasteiger partial charge in [-0.25, -0.2) is 4.39 Å². The summed E-state index contributed by atoms with van der Waals surface area (Å²) in [7, 11) is 0. The standard InChI is InChI=1S/C19H24FN/c1-3-17(15-10-6-5-7-11-15)19(21-4-2)14-16-12-8-9-13-18(16)20/h5-13,17,19,21H,3-4,14H2,1-2H3. The van der Waals surface area contributed by atoms with Crippen molar-refractivity contribution in [2.45, 2.75) is 38.6 Å². The van der Waals surface area contributed by atoms with Gasteiger partial charge in [0.2, 0.25) is 0 Å². The molecule has 0 aliphatic rings. The van der Waals surface area contributed by atoms with Crippen molar-refractivity contribution in [3.63, 3.8) is 0 Å². The Morgan fingerprint density at radius 3 is 2.24 bits per heavy atom. The topological polar surface area (TPSA) is 12.0 Å². The maximum Gasteiger partial charge on any atom is 0.126 e. The molecule has 0 spiro atoms. The lowest BCUT2D eigenvalue weighted by molar-refractivity contribution is 0.422. The molecule has 2 atom stereocenters. The van der Waals surface area contributed by atoms with E-state index in [1.165, 1.54) is 5.56 Å². The molecule has 0 aliphatic heterocycles. The van der Waals surface area contributed by atoms with Gasteiger partial charge in [-0.2, -0.15) is 0 Å². The summed E-state index contributed by atoms with van der Waals surface area (Å²) in [6, 6.07) is 17.8. The van der Waals surface area contributed by atoms with Crippen LogP contribution in [0.3, 0.4) is 0 Å². The minimum Gasteiger partial charge on any atom is -0.313 e. The van der Waals surface area contributed by atoms with Crippen LogP contribution in [0.4, 0.5) is 4.39 Å². The van der Waals surface area contributed by atoms with E-state index in [1.54, 1.807) is 12.1 Å². The number of likely N-dealkylation sites (N-methyl/N-ethyl adjacent to an activating group) is 1. The van der Waals surface area contributed by atoms with Crippen molar-refractivity contribution in [1.29, 1.82) is 0 Å². The minimum absolute atomic E-state index is 0.108. The van der Waals surface area contributed by atoms with Gasteiger partial charge in [0.1, 0.15) is 5.82 Å². The average Bonchev–Trinajstić information content (AvgIpc) is 2.51. The fraction of sp³-hybridized carbons (Fsp3) is 0.368. The molecule has 21 heavy (non-hydrogen) atoms. The molecule has 1 nitrogen and oxygen atoms in total. The normalized spacial score (nSPS) is 13.9. The second-order valence-electron chi connectivity index (χ2n) is 5.39. The van der Waals surface area contributed by atoms with Gasteiger partial charge in [-0.1, -0.05) is 62.4 Å². The second kappa shape index (κ2) is 7.94. The zero-order valence-electron chi connectivity index (χ0n) is 12.9.